The van der Waals surface area contributed by atoms with Crippen molar-refractivity contribution in [1.29, 1.82) is 0 Å². The molecular weight excluding hydrogens is 218 g/mol. The maximum atomic E-state index is 10.7. The van der Waals surface area contributed by atoms with Crippen LogP contribution in [-0.4, -0.2) is 30.3 Å². The molecule has 0 amide bonds. The van der Waals surface area contributed by atoms with Crippen LogP contribution in [0.4, 0.5) is 0 Å². The molecule has 1 heterocycles. The van der Waals surface area contributed by atoms with Crippen LogP contribution in [0.1, 0.15) is 29.6 Å². The van der Waals surface area contributed by atoms with E-state index < -0.39 is 5.97 Å². The Labute approximate surface area is 101 Å². The van der Waals surface area contributed by atoms with Crippen molar-refractivity contribution in [2.45, 2.75) is 25.3 Å². The molecule has 1 unspecified atom stereocenters. The summed E-state index contributed by atoms with van der Waals surface area (Å²) in [6, 6.07) is 6.94. The molecule has 17 heavy (non-hydrogen) atoms. The first-order chi connectivity index (χ1) is 8.25. The first kappa shape index (κ1) is 11.9. The van der Waals surface area contributed by atoms with Gasteiger partial charge in [-0.15, -0.1) is 0 Å². The number of carboxylic acids is 1. The zero-order chi connectivity index (χ0) is 12.1. The number of ether oxygens (including phenoxy) is 1. The lowest BCUT2D eigenvalue weighted by Crippen LogP contribution is -2.38. The summed E-state index contributed by atoms with van der Waals surface area (Å²) in [5.41, 5.74) is 0.285. The summed E-state index contributed by atoms with van der Waals surface area (Å²) < 4.78 is 5.62. The standard InChI is InChI=1S/C13H17NO3/c15-13(16)10-4-6-12(7-5-10)17-9-11-3-1-2-8-14-11/h4-7,11,14H,1-3,8-9H2,(H,15,16). The largest absolute Gasteiger partial charge is 0.492 e. The molecule has 1 fully saturated rings. The highest BCUT2D eigenvalue weighted by molar-refractivity contribution is 5.87. The Morgan fingerprint density at radius 3 is 2.71 bits per heavy atom. The smallest absolute Gasteiger partial charge is 0.335 e. The Morgan fingerprint density at radius 1 is 1.35 bits per heavy atom. The van der Waals surface area contributed by atoms with Crippen molar-refractivity contribution < 1.29 is 14.6 Å². The van der Waals surface area contributed by atoms with Crippen LogP contribution in [0, 0.1) is 0 Å². The molecule has 4 nitrogen and oxygen atoms in total. The monoisotopic (exact) mass is 235 g/mol. The van der Waals surface area contributed by atoms with Gasteiger partial charge in [-0.1, -0.05) is 6.42 Å². The predicted octanol–water partition coefficient (Wildman–Crippen LogP) is 1.91. The Kier molecular flexibility index (Phi) is 3.98. The Morgan fingerprint density at radius 2 is 2.12 bits per heavy atom. The van der Waals surface area contributed by atoms with E-state index in [4.69, 9.17) is 9.84 Å². The summed E-state index contributed by atoms with van der Waals surface area (Å²) in [5, 5.41) is 12.2. The molecule has 1 saturated heterocycles. The maximum absolute atomic E-state index is 10.7. The number of carbonyl (C=O) groups is 1. The fraction of sp³-hybridized carbons (Fsp3) is 0.462. The second-order valence-corrected chi connectivity index (χ2v) is 4.29. The van der Waals surface area contributed by atoms with E-state index >= 15 is 0 Å². The molecule has 0 aliphatic carbocycles. The van der Waals surface area contributed by atoms with E-state index in [0.717, 1.165) is 18.7 Å². The van der Waals surface area contributed by atoms with Crippen molar-refractivity contribution in [3.05, 3.63) is 29.8 Å². The first-order valence-corrected chi connectivity index (χ1v) is 5.95. The summed E-state index contributed by atoms with van der Waals surface area (Å²) in [6.45, 7) is 1.71. The topological polar surface area (TPSA) is 58.6 Å². The molecule has 1 aromatic carbocycles. The lowest BCUT2D eigenvalue weighted by molar-refractivity contribution is 0.0697. The van der Waals surface area contributed by atoms with Crippen molar-refractivity contribution in [3.63, 3.8) is 0 Å². The molecule has 1 aromatic rings. The molecule has 0 bridgehead atoms. The van der Waals surface area contributed by atoms with Gasteiger partial charge in [0, 0.05) is 6.04 Å². The van der Waals surface area contributed by atoms with Crippen LogP contribution in [-0.2, 0) is 0 Å². The third-order valence-electron chi connectivity index (χ3n) is 2.96. The van der Waals surface area contributed by atoms with Gasteiger partial charge >= 0.3 is 5.97 Å². The van der Waals surface area contributed by atoms with E-state index in [-0.39, 0.29) is 5.56 Å². The summed E-state index contributed by atoms with van der Waals surface area (Å²) in [4.78, 5) is 10.7. The molecule has 0 saturated carbocycles. The second-order valence-electron chi connectivity index (χ2n) is 4.29. The van der Waals surface area contributed by atoms with Gasteiger partial charge in [0.05, 0.1) is 5.56 Å². The lowest BCUT2D eigenvalue weighted by Gasteiger charge is -2.23. The summed E-state index contributed by atoms with van der Waals surface area (Å²) in [6.07, 6.45) is 3.63. The average Bonchev–Trinajstić information content (AvgIpc) is 2.38. The van der Waals surface area contributed by atoms with Crippen LogP contribution >= 0.6 is 0 Å². The fourth-order valence-corrected chi connectivity index (χ4v) is 1.96. The zero-order valence-corrected chi connectivity index (χ0v) is 9.69. The molecule has 2 N–H and O–H groups in total. The zero-order valence-electron chi connectivity index (χ0n) is 9.69. The van der Waals surface area contributed by atoms with E-state index in [9.17, 15) is 4.79 Å². The molecule has 1 atom stereocenters. The second kappa shape index (κ2) is 5.68. The van der Waals surface area contributed by atoms with Gasteiger partial charge in [0.15, 0.2) is 0 Å². The van der Waals surface area contributed by atoms with Gasteiger partial charge in [-0.25, -0.2) is 4.79 Å². The minimum atomic E-state index is -0.912. The van der Waals surface area contributed by atoms with Crippen molar-refractivity contribution in [1.82, 2.24) is 5.32 Å². The number of carboxylic acid groups (broad SMARTS) is 1. The fourth-order valence-electron chi connectivity index (χ4n) is 1.96. The van der Waals surface area contributed by atoms with E-state index in [1.54, 1.807) is 24.3 Å². The van der Waals surface area contributed by atoms with Crippen LogP contribution in [0.15, 0.2) is 24.3 Å². The third-order valence-corrected chi connectivity index (χ3v) is 2.96. The van der Waals surface area contributed by atoms with Gasteiger partial charge in [0.25, 0.3) is 0 Å². The molecule has 1 aliphatic rings. The number of hydrogen-bond acceptors (Lipinski definition) is 3. The lowest BCUT2D eigenvalue weighted by atomic mass is 10.1. The van der Waals surface area contributed by atoms with Crippen molar-refractivity contribution in [3.8, 4) is 5.75 Å². The minimum absolute atomic E-state index is 0.285. The van der Waals surface area contributed by atoms with E-state index in [0.29, 0.717) is 12.6 Å². The van der Waals surface area contributed by atoms with Gasteiger partial charge < -0.3 is 15.2 Å². The highest BCUT2D eigenvalue weighted by Crippen LogP contribution is 2.14. The number of hydrogen-bond donors (Lipinski definition) is 2. The molecule has 92 valence electrons. The Bertz CT molecular complexity index is 369. The quantitative estimate of drug-likeness (QED) is 0.837. The van der Waals surface area contributed by atoms with E-state index in [1.807, 2.05) is 0 Å². The van der Waals surface area contributed by atoms with Gasteiger partial charge in [-0.05, 0) is 43.7 Å². The number of nitrogens with one attached hydrogen (secondary N) is 1. The summed E-state index contributed by atoms with van der Waals surface area (Å²) in [7, 11) is 0. The third kappa shape index (κ3) is 3.46. The van der Waals surface area contributed by atoms with Crippen molar-refractivity contribution in [2.75, 3.05) is 13.2 Å². The number of benzene rings is 1. The van der Waals surface area contributed by atoms with E-state index in [2.05, 4.69) is 5.32 Å². The van der Waals surface area contributed by atoms with Crippen molar-refractivity contribution >= 4 is 5.97 Å². The van der Waals surface area contributed by atoms with Crippen LogP contribution in [0.2, 0.25) is 0 Å². The van der Waals surface area contributed by atoms with Gasteiger partial charge in [-0.3, -0.25) is 0 Å². The molecule has 0 radical (unpaired) electrons. The van der Waals surface area contributed by atoms with Crippen LogP contribution in [0.5, 0.6) is 5.75 Å². The van der Waals surface area contributed by atoms with Gasteiger partial charge in [0.2, 0.25) is 0 Å². The number of rotatable bonds is 4. The Balaban J connectivity index is 1.84. The first-order valence-electron chi connectivity index (χ1n) is 5.95. The molecular formula is C13H17NO3. The van der Waals surface area contributed by atoms with Crippen LogP contribution in [0.25, 0.3) is 0 Å². The van der Waals surface area contributed by atoms with Crippen LogP contribution < -0.4 is 10.1 Å². The van der Waals surface area contributed by atoms with Crippen LogP contribution in [0.3, 0.4) is 0 Å². The number of aromatic carboxylic acids is 1. The minimum Gasteiger partial charge on any atom is -0.492 e. The molecule has 2 rings (SSSR count). The normalized spacial score (nSPS) is 19.9. The predicted molar refractivity (Wildman–Crippen MR) is 64.5 cm³/mol. The SMILES string of the molecule is O=C(O)c1ccc(OCC2CCCCN2)cc1. The van der Waals surface area contributed by atoms with Gasteiger partial charge in [0.1, 0.15) is 12.4 Å². The molecule has 0 spiro atoms. The highest BCUT2D eigenvalue weighted by Gasteiger charge is 2.12. The maximum Gasteiger partial charge on any atom is 0.335 e. The summed E-state index contributed by atoms with van der Waals surface area (Å²) >= 11 is 0. The molecule has 4 heteroatoms. The molecule has 0 aromatic heterocycles. The highest BCUT2D eigenvalue weighted by atomic mass is 16.5. The van der Waals surface area contributed by atoms with Crippen molar-refractivity contribution in [2.24, 2.45) is 0 Å². The average molecular weight is 235 g/mol. The van der Waals surface area contributed by atoms with Gasteiger partial charge in [-0.2, -0.15) is 0 Å². The summed E-state index contributed by atoms with van der Waals surface area (Å²) in [5.74, 6) is -0.187. The van der Waals surface area contributed by atoms with E-state index in [1.165, 1.54) is 12.8 Å². The molecule has 1 aliphatic heterocycles. The number of piperidine rings is 1. The Hall–Kier alpha value is -1.55.